The molecule has 2 aromatic heterocycles. The molecule has 0 aliphatic heterocycles. The van der Waals surface area contributed by atoms with E-state index in [1.54, 1.807) is 12.5 Å². The highest BCUT2D eigenvalue weighted by atomic mass is 32.2. The second kappa shape index (κ2) is 6.05. The highest BCUT2D eigenvalue weighted by Crippen LogP contribution is 2.28. The second-order valence-electron chi connectivity index (χ2n) is 4.89. The summed E-state index contributed by atoms with van der Waals surface area (Å²) in [4.78, 5) is 5.40. The zero-order valence-corrected chi connectivity index (χ0v) is 12.6. The summed E-state index contributed by atoms with van der Waals surface area (Å²) < 4.78 is 5.03. The third kappa shape index (κ3) is 3.28. The summed E-state index contributed by atoms with van der Waals surface area (Å²) in [5.74, 6) is 1.07. The summed E-state index contributed by atoms with van der Waals surface area (Å²) >= 11 is 1.45. The first kappa shape index (κ1) is 13.8. The van der Waals surface area contributed by atoms with E-state index in [1.165, 1.54) is 17.3 Å². The fraction of sp³-hybridized carbons (Fsp3) is 0.200. The van der Waals surface area contributed by atoms with Crippen LogP contribution in [0.1, 0.15) is 25.3 Å². The first-order valence-electron chi connectivity index (χ1n) is 6.71. The molecule has 5 nitrogen and oxygen atoms in total. The lowest BCUT2D eigenvalue weighted by Gasteiger charge is -2.12. The van der Waals surface area contributed by atoms with E-state index in [2.05, 4.69) is 40.4 Å². The molecule has 2 N–H and O–H groups in total. The molecule has 6 heteroatoms. The summed E-state index contributed by atoms with van der Waals surface area (Å²) in [5.41, 5.74) is 2.29. The average molecular weight is 300 g/mol. The van der Waals surface area contributed by atoms with Gasteiger partial charge in [0.15, 0.2) is 0 Å². The SMILES string of the molecule is CC(C)c1ccccc1Nc1nc(Sc2ccoc2)n[nH]1. The van der Waals surface area contributed by atoms with Crippen LogP contribution in [0.25, 0.3) is 0 Å². The Hall–Kier alpha value is -2.21. The number of benzene rings is 1. The number of aromatic nitrogens is 3. The summed E-state index contributed by atoms with van der Waals surface area (Å²) in [6.07, 6.45) is 3.30. The molecule has 0 atom stereocenters. The molecule has 0 bridgehead atoms. The van der Waals surface area contributed by atoms with E-state index >= 15 is 0 Å². The number of para-hydroxylation sites is 1. The molecule has 0 aliphatic carbocycles. The molecule has 2 heterocycles. The highest BCUT2D eigenvalue weighted by molar-refractivity contribution is 7.99. The van der Waals surface area contributed by atoms with Gasteiger partial charge in [-0.25, -0.2) is 5.10 Å². The summed E-state index contributed by atoms with van der Waals surface area (Å²) in [6.45, 7) is 4.34. The Balaban J connectivity index is 1.75. The smallest absolute Gasteiger partial charge is 0.224 e. The number of H-pyrrole nitrogens is 1. The zero-order valence-electron chi connectivity index (χ0n) is 11.8. The van der Waals surface area contributed by atoms with Crippen molar-refractivity contribution < 1.29 is 4.42 Å². The number of furan rings is 1. The Morgan fingerprint density at radius 3 is 2.86 bits per heavy atom. The Morgan fingerprint density at radius 1 is 1.24 bits per heavy atom. The molecule has 3 rings (SSSR count). The lowest BCUT2D eigenvalue weighted by Crippen LogP contribution is -1.98. The zero-order chi connectivity index (χ0) is 14.7. The largest absolute Gasteiger partial charge is 0.471 e. The molecule has 1 aromatic carbocycles. The molecule has 3 aromatic rings. The van der Waals surface area contributed by atoms with Crippen molar-refractivity contribution in [3.63, 3.8) is 0 Å². The van der Waals surface area contributed by atoms with Crippen molar-refractivity contribution in [3.05, 3.63) is 48.4 Å². The molecule has 0 radical (unpaired) electrons. The Bertz CT molecular complexity index is 706. The number of nitrogens with zero attached hydrogens (tertiary/aromatic N) is 2. The topological polar surface area (TPSA) is 66.7 Å². The van der Waals surface area contributed by atoms with Crippen molar-refractivity contribution in [2.24, 2.45) is 0 Å². The maximum atomic E-state index is 5.03. The third-order valence-electron chi connectivity index (χ3n) is 3.00. The van der Waals surface area contributed by atoms with Crippen molar-refractivity contribution >= 4 is 23.4 Å². The molecule has 0 saturated heterocycles. The van der Waals surface area contributed by atoms with E-state index in [-0.39, 0.29) is 0 Å². The second-order valence-corrected chi connectivity index (χ2v) is 5.94. The molecule has 0 aliphatic rings. The highest BCUT2D eigenvalue weighted by Gasteiger charge is 2.09. The quantitative estimate of drug-likeness (QED) is 0.730. The normalized spacial score (nSPS) is 11.0. The van der Waals surface area contributed by atoms with Gasteiger partial charge in [0.2, 0.25) is 11.1 Å². The number of hydrogen-bond acceptors (Lipinski definition) is 5. The molecule has 0 fully saturated rings. The Labute approximate surface area is 127 Å². The van der Waals surface area contributed by atoms with Gasteiger partial charge in [0, 0.05) is 5.69 Å². The predicted octanol–water partition coefficient (Wildman–Crippen LogP) is 4.42. The minimum absolute atomic E-state index is 0.441. The van der Waals surface area contributed by atoms with E-state index in [1.807, 2.05) is 24.3 Å². The summed E-state index contributed by atoms with van der Waals surface area (Å²) in [6, 6.07) is 10.1. The van der Waals surface area contributed by atoms with Crippen molar-refractivity contribution in [1.29, 1.82) is 0 Å². The van der Waals surface area contributed by atoms with Gasteiger partial charge in [-0.05, 0) is 35.4 Å². The van der Waals surface area contributed by atoms with E-state index in [0.717, 1.165) is 10.6 Å². The average Bonchev–Trinajstić information content (AvgIpc) is 3.12. The van der Waals surface area contributed by atoms with Crippen molar-refractivity contribution in [2.75, 3.05) is 5.32 Å². The molecular formula is C15H16N4OS. The maximum Gasteiger partial charge on any atom is 0.224 e. The van der Waals surface area contributed by atoms with Crippen LogP contribution >= 0.6 is 11.8 Å². The van der Waals surface area contributed by atoms with E-state index < -0.39 is 0 Å². The number of anilines is 2. The Morgan fingerprint density at radius 2 is 2.10 bits per heavy atom. The van der Waals surface area contributed by atoms with Gasteiger partial charge in [-0.3, -0.25) is 0 Å². The first-order chi connectivity index (χ1) is 10.2. The van der Waals surface area contributed by atoms with Crippen molar-refractivity contribution in [2.45, 2.75) is 29.8 Å². The van der Waals surface area contributed by atoms with Crippen LogP contribution in [0.3, 0.4) is 0 Å². The van der Waals surface area contributed by atoms with Gasteiger partial charge in [0.05, 0.1) is 11.2 Å². The van der Waals surface area contributed by atoms with Gasteiger partial charge in [0.1, 0.15) is 6.26 Å². The van der Waals surface area contributed by atoms with Gasteiger partial charge in [0.25, 0.3) is 0 Å². The van der Waals surface area contributed by atoms with Crippen LogP contribution in [-0.4, -0.2) is 15.2 Å². The minimum Gasteiger partial charge on any atom is -0.471 e. The molecule has 108 valence electrons. The monoisotopic (exact) mass is 300 g/mol. The molecular weight excluding hydrogens is 284 g/mol. The number of rotatable bonds is 5. The molecule has 21 heavy (non-hydrogen) atoms. The van der Waals surface area contributed by atoms with Crippen LogP contribution in [0.2, 0.25) is 0 Å². The third-order valence-corrected chi connectivity index (χ3v) is 3.84. The Kier molecular flexibility index (Phi) is 3.96. The van der Waals surface area contributed by atoms with Gasteiger partial charge in [-0.15, -0.1) is 5.10 Å². The maximum absolute atomic E-state index is 5.03. The van der Waals surface area contributed by atoms with Gasteiger partial charge in [-0.2, -0.15) is 4.98 Å². The van der Waals surface area contributed by atoms with Crippen LogP contribution in [0.4, 0.5) is 11.6 Å². The van der Waals surface area contributed by atoms with Crippen molar-refractivity contribution in [1.82, 2.24) is 15.2 Å². The number of nitrogens with one attached hydrogen (secondary N) is 2. The fourth-order valence-electron chi connectivity index (χ4n) is 2.01. The lowest BCUT2D eigenvalue weighted by atomic mass is 10.0. The fourth-order valence-corrected chi connectivity index (χ4v) is 2.67. The summed E-state index contributed by atoms with van der Waals surface area (Å²) in [5, 5.41) is 11.0. The first-order valence-corrected chi connectivity index (χ1v) is 7.52. The number of aromatic amines is 1. The van der Waals surface area contributed by atoms with Gasteiger partial charge in [-0.1, -0.05) is 32.0 Å². The molecule has 0 unspecified atom stereocenters. The van der Waals surface area contributed by atoms with Gasteiger partial charge < -0.3 is 9.73 Å². The molecule has 0 amide bonds. The standard InChI is InChI=1S/C15H16N4OS/c1-10(2)12-5-3-4-6-13(12)16-14-17-15(19-18-14)21-11-7-8-20-9-11/h3-10H,1-2H3,(H2,16,17,18,19). The van der Waals surface area contributed by atoms with E-state index in [9.17, 15) is 0 Å². The van der Waals surface area contributed by atoms with Crippen LogP contribution in [-0.2, 0) is 0 Å². The van der Waals surface area contributed by atoms with Gasteiger partial charge >= 0.3 is 0 Å². The van der Waals surface area contributed by atoms with Crippen LogP contribution in [0.5, 0.6) is 0 Å². The minimum atomic E-state index is 0.441. The van der Waals surface area contributed by atoms with E-state index in [4.69, 9.17) is 4.42 Å². The van der Waals surface area contributed by atoms with Crippen LogP contribution in [0, 0.1) is 0 Å². The number of hydrogen-bond donors (Lipinski definition) is 2. The lowest BCUT2D eigenvalue weighted by molar-refractivity contribution is 0.562. The van der Waals surface area contributed by atoms with E-state index in [0.29, 0.717) is 17.0 Å². The molecule has 0 saturated carbocycles. The predicted molar refractivity (Wildman–Crippen MR) is 83.0 cm³/mol. The van der Waals surface area contributed by atoms with Crippen LogP contribution < -0.4 is 5.32 Å². The summed E-state index contributed by atoms with van der Waals surface area (Å²) in [7, 11) is 0. The molecule has 0 spiro atoms. The van der Waals surface area contributed by atoms with Crippen LogP contribution in [0.15, 0.2) is 57.3 Å². The van der Waals surface area contributed by atoms with Crippen molar-refractivity contribution in [3.8, 4) is 0 Å².